The first-order chi connectivity index (χ1) is 7.59. The molecule has 16 heavy (non-hydrogen) atoms. The zero-order chi connectivity index (χ0) is 12.0. The standard InChI is InChI=1S/C14H18O2/c1-11(15)10-14(12(2)16)9-8-13-6-4-3-5-7-13/h3-7,14H,8-10H2,1-2H3. The van der Waals surface area contributed by atoms with Crippen LogP contribution in [0.1, 0.15) is 32.3 Å². The average molecular weight is 218 g/mol. The van der Waals surface area contributed by atoms with Crippen molar-refractivity contribution in [3.63, 3.8) is 0 Å². The minimum Gasteiger partial charge on any atom is -0.300 e. The molecule has 0 spiro atoms. The van der Waals surface area contributed by atoms with E-state index in [1.165, 1.54) is 5.56 Å². The lowest BCUT2D eigenvalue weighted by molar-refractivity contribution is -0.126. The molecule has 0 fully saturated rings. The summed E-state index contributed by atoms with van der Waals surface area (Å²) in [5.74, 6) is 0.0945. The van der Waals surface area contributed by atoms with E-state index in [0.29, 0.717) is 6.42 Å². The van der Waals surface area contributed by atoms with E-state index < -0.39 is 0 Å². The average Bonchev–Trinajstić information content (AvgIpc) is 2.25. The SMILES string of the molecule is CC(=O)CC(CCc1ccccc1)C(C)=O. The molecule has 2 heteroatoms. The molecule has 1 rings (SSSR count). The second-order valence-corrected chi connectivity index (χ2v) is 4.24. The number of aryl methyl sites for hydroxylation is 1. The summed E-state index contributed by atoms with van der Waals surface area (Å²) in [5, 5.41) is 0. The minimum atomic E-state index is -0.113. The van der Waals surface area contributed by atoms with Crippen LogP contribution < -0.4 is 0 Å². The molecule has 0 bridgehead atoms. The molecule has 0 N–H and O–H groups in total. The van der Waals surface area contributed by atoms with Crippen LogP contribution in [0.25, 0.3) is 0 Å². The van der Waals surface area contributed by atoms with E-state index in [2.05, 4.69) is 0 Å². The summed E-state index contributed by atoms with van der Waals surface area (Å²) in [6, 6.07) is 10.0. The summed E-state index contributed by atoms with van der Waals surface area (Å²) in [6.07, 6.45) is 2.00. The summed E-state index contributed by atoms with van der Waals surface area (Å²) in [7, 11) is 0. The van der Waals surface area contributed by atoms with E-state index >= 15 is 0 Å². The summed E-state index contributed by atoms with van der Waals surface area (Å²) >= 11 is 0. The molecule has 2 nitrogen and oxygen atoms in total. The van der Waals surface area contributed by atoms with Crippen molar-refractivity contribution in [1.82, 2.24) is 0 Å². The van der Waals surface area contributed by atoms with E-state index in [-0.39, 0.29) is 17.5 Å². The Morgan fingerprint density at radius 3 is 2.25 bits per heavy atom. The lowest BCUT2D eigenvalue weighted by Gasteiger charge is -2.11. The third-order valence-corrected chi connectivity index (χ3v) is 2.73. The maximum atomic E-state index is 11.3. The molecule has 0 heterocycles. The van der Waals surface area contributed by atoms with Crippen LogP contribution in [0.4, 0.5) is 0 Å². The fourth-order valence-electron chi connectivity index (χ4n) is 1.78. The number of hydrogen-bond donors (Lipinski definition) is 0. The highest BCUT2D eigenvalue weighted by Crippen LogP contribution is 2.14. The summed E-state index contributed by atoms with van der Waals surface area (Å²) in [5.41, 5.74) is 1.22. The lowest BCUT2D eigenvalue weighted by atomic mass is 9.92. The van der Waals surface area contributed by atoms with Gasteiger partial charge in [-0.05, 0) is 32.3 Å². The van der Waals surface area contributed by atoms with E-state index in [9.17, 15) is 9.59 Å². The van der Waals surface area contributed by atoms with Crippen LogP contribution in [0.2, 0.25) is 0 Å². The van der Waals surface area contributed by atoms with Gasteiger partial charge in [0, 0.05) is 12.3 Å². The molecule has 0 radical (unpaired) electrons. The van der Waals surface area contributed by atoms with Gasteiger partial charge in [0.25, 0.3) is 0 Å². The number of ketones is 2. The van der Waals surface area contributed by atoms with Crippen molar-refractivity contribution in [3.05, 3.63) is 35.9 Å². The Bertz CT molecular complexity index is 354. The number of rotatable bonds is 6. The van der Waals surface area contributed by atoms with Crippen LogP contribution >= 0.6 is 0 Å². The fourth-order valence-corrected chi connectivity index (χ4v) is 1.78. The number of Topliss-reactive ketones (excluding diaryl/α,β-unsaturated/α-hetero) is 2. The minimum absolute atomic E-state index is 0.0910. The summed E-state index contributed by atoms with van der Waals surface area (Å²) < 4.78 is 0. The van der Waals surface area contributed by atoms with Crippen LogP contribution in [-0.2, 0) is 16.0 Å². The molecule has 0 aliphatic heterocycles. The Labute approximate surface area is 96.7 Å². The highest BCUT2D eigenvalue weighted by atomic mass is 16.1. The van der Waals surface area contributed by atoms with E-state index in [0.717, 1.165) is 12.8 Å². The largest absolute Gasteiger partial charge is 0.300 e. The number of carbonyl (C=O) groups is 2. The van der Waals surface area contributed by atoms with Gasteiger partial charge >= 0.3 is 0 Å². The van der Waals surface area contributed by atoms with E-state index in [1.807, 2.05) is 30.3 Å². The molecule has 1 atom stereocenters. The van der Waals surface area contributed by atoms with Gasteiger partial charge in [0.2, 0.25) is 0 Å². The molecule has 1 aromatic carbocycles. The normalized spacial score (nSPS) is 12.1. The molecule has 0 aliphatic rings. The molecular formula is C14H18O2. The van der Waals surface area contributed by atoms with Gasteiger partial charge in [-0.15, -0.1) is 0 Å². The van der Waals surface area contributed by atoms with Crippen molar-refractivity contribution in [2.24, 2.45) is 5.92 Å². The van der Waals surface area contributed by atoms with E-state index in [1.54, 1.807) is 13.8 Å². The van der Waals surface area contributed by atoms with Crippen molar-refractivity contribution in [1.29, 1.82) is 0 Å². The predicted octanol–water partition coefficient (Wildman–Crippen LogP) is 2.80. The Morgan fingerprint density at radius 2 is 1.75 bits per heavy atom. The third kappa shape index (κ3) is 4.39. The van der Waals surface area contributed by atoms with Gasteiger partial charge in [-0.3, -0.25) is 4.79 Å². The number of benzene rings is 1. The van der Waals surface area contributed by atoms with Crippen molar-refractivity contribution < 1.29 is 9.59 Å². The third-order valence-electron chi connectivity index (χ3n) is 2.73. The number of hydrogen-bond acceptors (Lipinski definition) is 2. The van der Waals surface area contributed by atoms with Crippen molar-refractivity contribution in [2.45, 2.75) is 33.1 Å². The molecule has 0 aromatic heterocycles. The first-order valence-corrected chi connectivity index (χ1v) is 5.63. The van der Waals surface area contributed by atoms with Crippen molar-refractivity contribution in [3.8, 4) is 0 Å². The Kier molecular flexibility index (Phi) is 4.90. The monoisotopic (exact) mass is 218 g/mol. The Hall–Kier alpha value is -1.44. The van der Waals surface area contributed by atoms with Crippen LogP contribution in [0, 0.1) is 5.92 Å². The molecule has 0 aliphatic carbocycles. The maximum Gasteiger partial charge on any atom is 0.133 e. The first kappa shape index (κ1) is 12.6. The quantitative estimate of drug-likeness (QED) is 0.735. The van der Waals surface area contributed by atoms with E-state index in [4.69, 9.17) is 0 Å². The van der Waals surface area contributed by atoms with Crippen LogP contribution in [0.15, 0.2) is 30.3 Å². The van der Waals surface area contributed by atoms with Gasteiger partial charge in [0.1, 0.15) is 11.6 Å². The summed E-state index contributed by atoms with van der Waals surface area (Å²) in [4.78, 5) is 22.4. The topological polar surface area (TPSA) is 34.1 Å². The van der Waals surface area contributed by atoms with Gasteiger partial charge in [-0.25, -0.2) is 0 Å². The lowest BCUT2D eigenvalue weighted by Crippen LogP contribution is -2.15. The zero-order valence-corrected chi connectivity index (χ0v) is 9.90. The molecule has 0 saturated heterocycles. The molecule has 1 aromatic rings. The Balaban J connectivity index is 2.50. The molecule has 86 valence electrons. The van der Waals surface area contributed by atoms with Crippen LogP contribution in [0.5, 0.6) is 0 Å². The maximum absolute atomic E-state index is 11.3. The van der Waals surface area contributed by atoms with Crippen molar-refractivity contribution in [2.75, 3.05) is 0 Å². The van der Waals surface area contributed by atoms with Crippen molar-refractivity contribution >= 4 is 11.6 Å². The van der Waals surface area contributed by atoms with Gasteiger partial charge in [0.15, 0.2) is 0 Å². The summed E-state index contributed by atoms with van der Waals surface area (Å²) in [6.45, 7) is 3.11. The highest BCUT2D eigenvalue weighted by molar-refractivity contribution is 5.85. The molecule has 1 unspecified atom stereocenters. The second-order valence-electron chi connectivity index (χ2n) is 4.24. The zero-order valence-electron chi connectivity index (χ0n) is 9.90. The smallest absolute Gasteiger partial charge is 0.133 e. The predicted molar refractivity (Wildman–Crippen MR) is 64.2 cm³/mol. The fraction of sp³-hybridized carbons (Fsp3) is 0.429. The van der Waals surface area contributed by atoms with Crippen LogP contribution in [0.3, 0.4) is 0 Å². The molecule has 0 amide bonds. The Morgan fingerprint density at radius 1 is 1.12 bits per heavy atom. The molecule has 0 saturated carbocycles. The first-order valence-electron chi connectivity index (χ1n) is 5.63. The highest BCUT2D eigenvalue weighted by Gasteiger charge is 2.15. The van der Waals surface area contributed by atoms with Gasteiger partial charge < -0.3 is 4.79 Å². The van der Waals surface area contributed by atoms with Gasteiger partial charge in [0.05, 0.1) is 0 Å². The van der Waals surface area contributed by atoms with Gasteiger partial charge in [-0.2, -0.15) is 0 Å². The molecular weight excluding hydrogens is 200 g/mol. The van der Waals surface area contributed by atoms with Gasteiger partial charge in [-0.1, -0.05) is 30.3 Å². The van der Waals surface area contributed by atoms with Crippen LogP contribution in [-0.4, -0.2) is 11.6 Å². The number of carbonyl (C=O) groups excluding carboxylic acids is 2. The second kappa shape index (κ2) is 6.21.